The van der Waals surface area contributed by atoms with Gasteiger partial charge in [-0.2, -0.15) is 0 Å². The van der Waals surface area contributed by atoms with E-state index in [1.807, 2.05) is 0 Å². The van der Waals surface area contributed by atoms with Crippen LogP contribution >= 0.6 is 0 Å². The minimum atomic E-state index is -2.08. The van der Waals surface area contributed by atoms with E-state index in [2.05, 4.69) is 0 Å². The second-order valence-corrected chi connectivity index (χ2v) is 1.06. The molecule has 18 heavy (non-hydrogen) atoms. The van der Waals surface area contributed by atoms with Crippen LogP contribution in [0, 0.1) is 0 Å². The molecule has 98 valence electrons. The Bertz CT molecular complexity index is 164. The van der Waals surface area contributed by atoms with Gasteiger partial charge in [0.1, 0.15) is 0 Å². The molecule has 0 aromatic rings. The molecule has 0 aliphatic heterocycles. The first-order valence-corrected chi connectivity index (χ1v) is 2.53. The zero-order chi connectivity index (χ0) is 14.3. The largest absolute Gasteiger partial charge is 3.00 e. The fourth-order valence-corrected chi connectivity index (χ4v) is 0. The van der Waals surface area contributed by atoms with Crippen molar-refractivity contribution in [2.24, 2.45) is 0 Å². The summed E-state index contributed by atoms with van der Waals surface area (Å²) in [5.41, 5.74) is 0. The van der Waals surface area contributed by atoms with E-state index in [-0.39, 0.29) is 35.7 Å². The van der Waals surface area contributed by atoms with Gasteiger partial charge in [0, 0.05) is 0 Å². The fraction of sp³-hybridized carbons (Fsp3) is 0. The standard InChI is InChI=1S/4CH2O3.N.Na/c4*2-1(3)4;;/h4*(H2,2,3,4);;/q;;;;+3;+1/p-4. The minimum Gasteiger partial charge on any atom is -0.565 e. The second kappa shape index (κ2) is 29.3. The van der Waals surface area contributed by atoms with E-state index >= 15 is 0 Å². The van der Waals surface area contributed by atoms with Crippen LogP contribution in [0.25, 0.3) is 0 Å². The van der Waals surface area contributed by atoms with Gasteiger partial charge < -0.3 is 60.0 Å². The maximum Gasteiger partial charge on any atom is 3.00 e. The molecule has 0 aromatic heterocycles. The Labute approximate surface area is 120 Å². The summed E-state index contributed by atoms with van der Waals surface area (Å²) >= 11 is 0. The summed E-state index contributed by atoms with van der Waals surface area (Å²) in [6.07, 6.45) is -8.33. The van der Waals surface area contributed by atoms with E-state index in [1.54, 1.807) is 0 Å². The molecule has 0 atom stereocenters. The van der Waals surface area contributed by atoms with Gasteiger partial charge in [-0.25, -0.2) is 0 Å². The van der Waals surface area contributed by atoms with Gasteiger partial charge in [-0.05, 0) is 0 Å². The van der Waals surface area contributed by atoms with Crippen molar-refractivity contribution in [3.63, 3.8) is 0 Å². The van der Waals surface area contributed by atoms with Crippen LogP contribution in [0.1, 0.15) is 0 Å². The topological polar surface area (TPSA) is 272 Å². The number of rotatable bonds is 0. The first kappa shape index (κ1) is 36.0. The summed E-state index contributed by atoms with van der Waals surface area (Å²) in [5, 5.41) is 61.2. The first-order valence-electron chi connectivity index (χ1n) is 2.53. The van der Waals surface area contributed by atoms with Crippen LogP contribution in [-0.2, 0) is 0 Å². The van der Waals surface area contributed by atoms with Crippen molar-refractivity contribution in [1.29, 1.82) is 0 Å². The van der Waals surface area contributed by atoms with Crippen LogP contribution < -0.4 is 56.1 Å². The van der Waals surface area contributed by atoms with E-state index < -0.39 is 24.6 Å². The van der Waals surface area contributed by atoms with Gasteiger partial charge in [-0.15, -0.1) is 0 Å². The number of nitrogens with zero attached hydrogens (tertiary/aromatic N) is 1. The molecule has 4 N–H and O–H groups in total. The molecule has 0 fully saturated rings. The van der Waals surface area contributed by atoms with E-state index in [9.17, 15) is 0 Å². The predicted octanol–water partition coefficient (Wildman–Crippen LogP) is -7.93. The zero-order valence-electron chi connectivity index (χ0n) is 8.50. The van der Waals surface area contributed by atoms with Crippen molar-refractivity contribution in [3.05, 3.63) is 0 Å². The molecule has 14 heteroatoms. The van der Waals surface area contributed by atoms with Crippen LogP contribution in [0.15, 0.2) is 0 Å². The van der Waals surface area contributed by atoms with Gasteiger partial charge in [0.05, 0.1) is 0 Å². The number of carboxylic acid groups (broad SMARTS) is 8. The predicted molar refractivity (Wildman–Crippen MR) is 34.2 cm³/mol. The summed E-state index contributed by atoms with van der Waals surface area (Å²) in [4.78, 5) is 33.8. The van der Waals surface area contributed by atoms with Crippen molar-refractivity contribution in [2.45, 2.75) is 0 Å². The van der Waals surface area contributed by atoms with Gasteiger partial charge >= 0.3 is 35.7 Å². The molecular formula is C4H4NNaO12. The van der Waals surface area contributed by atoms with Gasteiger partial charge in [0.15, 0.2) is 0 Å². The number of hydrogen-bond donors (Lipinski definition) is 4. The van der Waals surface area contributed by atoms with E-state index in [1.165, 1.54) is 0 Å². The summed E-state index contributed by atoms with van der Waals surface area (Å²) < 4.78 is 0. The molecule has 0 rings (SSSR count). The zero-order valence-corrected chi connectivity index (χ0v) is 10.5. The van der Waals surface area contributed by atoms with Crippen molar-refractivity contribution in [2.75, 3.05) is 0 Å². The number of hydrogen-bond acceptors (Lipinski definition) is 8. The summed E-state index contributed by atoms with van der Waals surface area (Å²) in [6.45, 7) is 0. The third-order valence-corrected chi connectivity index (χ3v) is 0. The van der Waals surface area contributed by atoms with Crippen LogP contribution in [0.2, 0.25) is 0 Å². The van der Waals surface area contributed by atoms with Crippen molar-refractivity contribution in [1.82, 2.24) is 6.15 Å². The van der Waals surface area contributed by atoms with Crippen LogP contribution in [0.3, 0.4) is 0 Å². The first-order chi connectivity index (χ1) is 6.93. The van der Waals surface area contributed by atoms with Gasteiger partial charge in [0.25, 0.3) is 0 Å². The van der Waals surface area contributed by atoms with Crippen molar-refractivity contribution in [3.8, 4) is 0 Å². The Morgan fingerprint density at radius 2 is 0.556 bits per heavy atom. The van der Waals surface area contributed by atoms with Crippen molar-refractivity contribution >= 4 is 24.6 Å². The Balaban J connectivity index is -0.0000000257. The van der Waals surface area contributed by atoms with Crippen molar-refractivity contribution < 1.29 is 89.6 Å². The monoisotopic (exact) mass is 281 g/mol. The molecule has 0 aromatic carbocycles. The molecule has 0 unspecified atom stereocenters. The average Bonchev–Trinajstić information content (AvgIpc) is 1.76. The molecule has 2 radical (unpaired) electrons. The molecule has 0 heterocycles. The summed E-state index contributed by atoms with van der Waals surface area (Å²) in [6, 6.07) is 0. The third-order valence-electron chi connectivity index (χ3n) is 0. The third kappa shape index (κ3) is 462. The smallest absolute Gasteiger partial charge is 0.565 e. The Morgan fingerprint density at radius 1 is 0.556 bits per heavy atom. The van der Waals surface area contributed by atoms with Crippen LogP contribution in [0.5, 0.6) is 0 Å². The Hall–Kier alpha value is -2.21. The molecule has 0 amide bonds. The maximum atomic E-state index is 8.44. The van der Waals surface area contributed by atoms with E-state index in [0.717, 1.165) is 0 Å². The fourth-order valence-electron chi connectivity index (χ4n) is 0. The van der Waals surface area contributed by atoms with Gasteiger partial charge in [-0.3, -0.25) is 0 Å². The molecule has 0 bridgehead atoms. The Morgan fingerprint density at radius 3 is 0.556 bits per heavy atom. The van der Waals surface area contributed by atoms with Gasteiger partial charge in [0.2, 0.25) is 24.6 Å². The molecule has 0 saturated carbocycles. The normalized spacial score (nSPS) is 5.33. The van der Waals surface area contributed by atoms with E-state index in [0.29, 0.717) is 0 Å². The molecule has 13 nitrogen and oxygen atoms in total. The summed E-state index contributed by atoms with van der Waals surface area (Å²) in [5.74, 6) is 0. The Kier molecular flexibility index (Phi) is 58.8. The minimum absolute atomic E-state index is 0. The maximum absolute atomic E-state index is 8.44. The molecule has 0 spiro atoms. The number of carbonyl (C=O) groups is 4. The molecular weight excluding hydrogens is 277 g/mol. The SMILES string of the molecule is O=C([O-])O.O=C([O-])O.O=C([O-])O.O=C([O-])O.[N+3].[Na+]. The van der Waals surface area contributed by atoms with Crippen LogP contribution in [-0.4, -0.2) is 45.0 Å². The van der Waals surface area contributed by atoms with Gasteiger partial charge in [-0.1, -0.05) is 0 Å². The molecule has 0 saturated heterocycles. The molecule has 0 aliphatic carbocycles. The summed E-state index contributed by atoms with van der Waals surface area (Å²) in [7, 11) is 0. The second-order valence-electron chi connectivity index (χ2n) is 1.06. The molecule has 0 aliphatic rings. The quantitative estimate of drug-likeness (QED) is 0.301. The average molecular weight is 281 g/mol. The van der Waals surface area contributed by atoms with E-state index in [4.69, 9.17) is 60.0 Å². The van der Waals surface area contributed by atoms with Crippen LogP contribution in [0.4, 0.5) is 19.2 Å².